The van der Waals surface area contributed by atoms with Gasteiger partial charge in [0.2, 0.25) is 0 Å². The monoisotopic (exact) mass is 366 g/mol. The molecule has 0 radical (unpaired) electrons. The number of aromatic nitrogens is 1. The summed E-state index contributed by atoms with van der Waals surface area (Å²) in [7, 11) is 0. The smallest absolute Gasteiger partial charge is 0.260 e. The number of likely N-dealkylation sites (tertiary alicyclic amines) is 1. The van der Waals surface area contributed by atoms with Gasteiger partial charge >= 0.3 is 0 Å². The number of pyridine rings is 1. The third-order valence-corrected chi connectivity index (χ3v) is 6.00. The van der Waals surface area contributed by atoms with Crippen LogP contribution in [-0.2, 0) is 0 Å². The highest BCUT2D eigenvalue weighted by molar-refractivity contribution is 5.93. The largest absolute Gasteiger partial charge is 0.338 e. The van der Waals surface area contributed by atoms with Crippen LogP contribution in [0.3, 0.4) is 0 Å². The van der Waals surface area contributed by atoms with Gasteiger partial charge in [-0.3, -0.25) is 20.4 Å². The molecular formula is C21H26N4O2. The first kappa shape index (κ1) is 17.9. The van der Waals surface area contributed by atoms with Gasteiger partial charge in [-0.2, -0.15) is 0 Å². The van der Waals surface area contributed by atoms with Gasteiger partial charge in [0.15, 0.2) is 0 Å². The highest BCUT2D eigenvalue weighted by atomic mass is 16.2. The zero-order valence-electron chi connectivity index (χ0n) is 15.6. The van der Waals surface area contributed by atoms with Crippen LogP contribution in [0, 0.1) is 12.8 Å². The summed E-state index contributed by atoms with van der Waals surface area (Å²) in [5, 5.41) is 0. The molecule has 2 aromatic rings. The Morgan fingerprint density at radius 1 is 1.11 bits per heavy atom. The maximum absolute atomic E-state index is 12.7. The van der Waals surface area contributed by atoms with Crippen molar-refractivity contribution in [2.45, 2.75) is 31.7 Å². The van der Waals surface area contributed by atoms with E-state index in [1.165, 1.54) is 11.1 Å². The molecule has 2 aliphatic rings. The van der Waals surface area contributed by atoms with Crippen LogP contribution in [0.2, 0.25) is 0 Å². The SMILES string of the molecule is Cc1ccccc1C1CNNC1C1CCN(C(=O)c2ccc[nH]c2=O)CC1. The average Bonchev–Trinajstić information content (AvgIpc) is 3.18. The van der Waals surface area contributed by atoms with Gasteiger partial charge in [0.1, 0.15) is 5.56 Å². The van der Waals surface area contributed by atoms with Gasteiger partial charge in [0.05, 0.1) is 0 Å². The van der Waals surface area contributed by atoms with E-state index in [4.69, 9.17) is 0 Å². The summed E-state index contributed by atoms with van der Waals surface area (Å²) in [4.78, 5) is 28.9. The average molecular weight is 366 g/mol. The Balaban J connectivity index is 1.43. The molecule has 3 heterocycles. The molecule has 1 aromatic carbocycles. The van der Waals surface area contributed by atoms with Crippen molar-refractivity contribution in [3.8, 4) is 0 Å². The van der Waals surface area contributed by atoms with Crippen LogP contribution < -0.4 is 16.4 Å². The van der Waals surface area contributed by atoms with Crippen molar-refractivity contribution in [1.82, 2.24) is 20.7 Å². The Labute approximate surface area is 158 Å². The minimum Gasteiger partial charge on any atom is -0.338 e. The number of H-pyrrole nitrogens is 1. The summed E-state index contributed by atoms with van der Waals surface area (Å²) >= 11 is 0. The highest BCUT2D eigenvalue weighted by Gasteiger charge is 2.37. The molecule has 6 heteroatoms. The Morgan fingerprint density at radius 3 is 2.63 bits per heavy atom. The van der Waals surface area contributed by atoms with Gasteiger partial charge in [0, 0.05) is 37.8 Å². The molecule has 0 aliphatic carbocycles. The summed E-state index contributed by atoms with van der Waals surface area (Å²) < 4.78 is 0. The van der Waals surface area contributed by atoms with Crippen molar-refractivity contribution in [3.63, 3.8) is 0 Å². The van der Waals surface area contributed by atoms with Crippen LogP contribution >= 0.6 is 0 Å². The fraction of sp³-hybridized carbons (Fsp3) is 0.429. The van der Waals surface area contributed by atoms with Crippen molar-refractivity contribution >= 4 is 5.91 Å². The van der Waals surface area contributed by atoms with Crippen molar-refractivity contribution in [2.24, 2.45) is 5.92 Å². The molecule has 0 saturated carbocycles. The van der Waals surface area contributed by atoms with Crippen molar-refractivity contribution in [2.75, 3.05) is 19.6 Å². The molecule has 3 N–H and O–H groups in total. The number of aryl methyl sites for hydroxylation is 1. The second-order valence-corrected chi connectivity index (χ2v) is 7.56. The topological polar surface area (TPSA) is 77.2 Å². The molecule has 2 fully saturated rings. The second-order valence-electron chi connectivity index (χ2n) is 7.56. The predicted molar refractivity (Wildman–Crippen MR) is 105 cm³/mol. The van der Waals surface area contributed by atoms with Gasteiger partial charge in [0.25, 0.3) is 11.5 Å². The third-order valence-electron chi connectivity index (χ3n) is 6.00. The Bertz CT molecular complexity index is 870. The summed E-state index contributed by atoms with van der Waals surface area (Å²) in [5.74, 6) is 0.779. The van der Waals surface area contributed by atoms with Crippen LogP contribution in [0.5, 0.6) is 0 Å². The van der Waals surface area contributed by atoms with Crippen LogP contribution in [0.4, 0.5) is 0 Å². The minimum atomic E-state index is -0.314. The van der Waals surface area contributed by atoms with E-state index >= 15 is 0 Å². The zero-order valence-corrected chi connectivity index (χ0v) is 15.6. The van der Waals surface area contributed by atoms with Gasteiger partial charge in [-0.25, -0.2) is 0 Å². The van der Waals surface area contributed by atoms with E-state index in [0.717, 1.165) is 19.4 Å². The quantitative estimate of drug-likeness (QED) is 0.774. The molecule has 1 amide bonds. The summed E-state index contributed by atoms with van der Waals surface area (Å²) in [6.07, 6.45) is 3.44. The molecule has 1 aromatic heterocycles. The number of nitrogens with one attached hydrogen (secondary N) is 3. The molecule has 4 rings (SSSR count). The summed E-state index contributed by atoms with van der Waals surface area (Å²) in [6.45, 7) is 4.48. The number of carbonyl (C=O) groups excluding carboxylic acids is 1. The maximum atomic E-state index is 12.7. The number of rotatable bonds is 3. The fourth-order valence-corrected chi connectivity index (χ4v) is 4.49. The Morgan fingerprint density at radius 2 is 1.89 bits per heavy atom. The van der Waals surface area contributed by atoms with E-state index in [1.54, 1.807) is 18.3 Å². The summed E-state index contributed by atoms with van der Waals surface area (Å²) in [6, 6.07) is 12.2. The molecule has 2 unspecified atom stereocenters. The van der Waals surface area contributed by atoms with Gasteiger partial charge in [-0.05, 0) is 48.9 Å². The van der Waals surface area contributed by atoms with Crippen LogP contribution in [0.15, 0.2) is 47.4 Å². The first-order valence-corrected chi connectivity index (χ1v) is 9.66. The molecule has 2 atom stereocenters. The number of piperidine rings is 1. The van der Waals surface area contributed by atoms with Crippen molar-refractivity contribution in [3.05, 3.63) is 69.6 Å². The minimum absolute atomic E-state index is 0.164. The molecule has 27 heavy (non-hydrogen) atoms. The Kier molecular flexibility index (Phi) is 5.09. The zero-order chi connectivity index (χ0) is 18.8. The number of benzene rings is 1. The fourth-order valence-electron chi connectivity index (χ4n) is 4.49. The van der Waals surface area contributed by atoms with E-state index < -0.39 is 0 Å². The van der Waals surface area contributed by atoms with Crippen molar-refractivity contribution < 1.29 is 4.79 Å². The number of amides is 1. The number of hydrogen-bond acceptors (Lipinski definition) is 4. The summed E-state index contributed by atoms with van der Waals surface area (Å²) in [5.41, 5.74) is 9.46. The molecule has 0 spiro atoms. The first-order valence-electron chi connectivity index (χ1n) is 9.66. The van der Waals surface area contributed by atoms with Crippen LogP contribution in [0.25, 0.3) is 0 Å². The second kappa shape index (κ2) is 7.66. The van der Waals surface area contributed by atoms with Gasteiger partial charge in [-0.1, -0.05) is 24.3 Å². The maximum Gasteiger partial charge on any atom is 0.260 e. The lowest BCUT2D eigenvalue weighted by Crippen LogP contribution is -2.46. The molecular weight excluding hydrogens is 340 g/mol. The molecule has 2 aliphatic heterocycles. The van der Waals surface area contributed by atoms with E-state index in [2.05, 4.69) is 47.0 Å². The number of carbonyl (C=O) groups is 1. The number of aromatic amines is 1. The van der Waals surface area contributed by atoms with E-state index in [0.29, 0.717) is 31.0 Å². The lowest BCUT2D eigenvalue weighted by Gasteiger charge is -2.36. The normalized spacial score (nSPS) is 23.5. The lowest BCUT2D eigenvalue weighted by molar-refractivity contribution is 0.0668. The molecule has 6 nitrogen and oxygen atoms in total. The van der Waals surface area contributed by atoms with E-state index in [9.17, 15) is 9.59 Å². The van der Waals surface area contributed by atoms with Crippen LogP contribution in [-0.4, -0.2) is 41.5 Å². The number of hydrazine groups is 1. The first-order chi connectivity index (χ1) is 13.1. The number of nitrogens with zero attached hydrogens (tertiary/aromatic N) is 1. The lowest BCUT2D eigenvalue weighted by atomic mass is 9.79. The van der Waals surface area contributed by atoms with E-state index in [-0.39, 0.29) is 17.0 Å². The van der Waals surface area contributed by atoms with Gasteiger partial charge in [-0.15, -0.1) is 0 Å². The molecule has 2 saturated heterocycles. The Hall–Kier alpha value is -2.44. The molecule has 0 bridgehead atoms. The van der Waals surface area contributed by atoms with Crippen molar-refractivity contribution in [1.29, 1.82) is 0 Å². The number of hydrogen-bond donors (Lipinski definition) is 3. The van der Waals surface area contributed by atoms with Crippen LogP contribution in [0.1, 0.15) is 40.2 Å². The molecule has 142 valence electrons. The van der Waals surface area contributed by atoms with Gasteiger partial charge < -0.3 is 9.88 Å². The van der Waals surface area contributed by atoms with E-state index in [1.807, 2.05) is 4.90 Å². The predicted octanol–water partition coefficient (Wildman–Crippen LogP) is 1.80. The third kappa shape index (κ3) is 3.55. The highest BCUT2D eigenvalue weighted by Crippen LogP contribution is 2.33. The standard InChI is InChI=1S/C21H26N4O2/c1-14-5-2-3-6-16(14)18-13-23-24-19(18)15-8-11-25(12-9-15)21(27)17-7-4-10-22-20(17)26/h2-7,10,15,18-19,23-24H,8-9,11-13H2,1H3,(H,22,26).